The summed E-state index contributed by atoms with van der Waals surface area (Å²) in [5.74, 6) is -2.07. The van der Waals surface area contributed by atoms with E-state index in [4.69, 9.17) is 16.1 Å². The minimum absolute atomic E-state index is 0.0469. The van der Waals surface area contributed by atoms with Crippen LogP contribution in [0.15, 0.2) is 0 Å². The molecule has 0 amide bonds. The van der Waals surface area contributed by atoms with Crippen molar-refractivity contribution in [1.29, 1.82) is 0 Å². The first-order chi connectivity index (χ1) is 5.07. The highest BCUT2D eigenvalue weighted by atomic mass is 17.1. The van der Waals surface area contributed by atoms with Gasteiger partial charge in [0.2, 0.25) is 0 Å². The largest absolute Gasteiger partial charge is 0.480 e. The highest BCUT2D eigenvalue weighted by Crippen LogP contribution is 1.95. The second-order valence-corrected chi connectivity index (χ2v) is 1.95. The normalized spacial score (nSPS) is 12.2. The molecule has 0 heterocycles. The predicted octanol–water partition coefficient (Wildman–Crippen LogP) is -0.805. The van der Waals surface area contributed by atoms with Crippen molar-refractivity contribution in [3.8, 4) is 0 Å². The van der Waals surface area contributed by atoms with Crippen LogP contribution in [0.2, 0.25) is 0 Å². The van der Waals surface area contributed by atoms with E-state index in [2.05, 4.69) is 4.89 Å². The number of carbonyl (C=O) groups is 2. The van der Waals surface area contributed by atoms with Gasteiger partial charge in [0.05, 0.1) is 6.42 Å². The number of carboxylic acids is 1. The van der Waals surface area contributed by atoms with Crippen LogP contribution in [0.5, 0.6) is 0 Å². The van der Waals surface area contributed by atoms with E-state index >= 15 is 0 Å². The van der Waals surface area contributed by atoms with Gasteiger partial charge in [-0.05, 0) is 6.42 Å². The third-order valence-corrected chi connectivity index (χ3v) is 1.08. The van der Waals surface area contributed by atoms with E-state index in [1.54, 1.807) is 0 Å². The number of rotatable bonds is 4. The SMILES string of the molecule is N[C@H](CCC(=O)OO)C(=O)O. The third-order valence-electron chi connectivity index (χ3n) is 1.08. The zero-order valence-corrected chi connectivity index (χ0v) is 5.69. The summed E-state index contributed by atoms with van der Waals surface area (Å²) in [6.07, 6.45) is -0.251. The zero-order chi connectivity index (χ0) is 8.85. The van der Waals surface area contributed by atoms with E-state index in [-0.39, 0.29) is 12.8 Å². The molecule has 0 fully saturated rings. The molecule has 0 unspecified atom stereocenters. The van der Waals surface area contributed by atoms with E-state index in [0.717, 1.165) is 0 Å². The summed E-state index contributed by atoms with van der Waals surface area (Å²) < 4.78 is 0. The minimum Gasteiger partial charge on any atom is -0.480 e. The molecule has 0 bridgehead atoms. The van der Waals surface area contributed by atoms with E-state index in [9.17, 15) is 9.59 Å². The Hall–Kier alpha value is -1.14. The van der Waals surface area contributed by atoms with Gasteiger partial charge in [-0.2, -0.15) is 5.26 Å². The first-order valence-electron chi connectivity index (χ1n) is 2.90. The number of hydrogen-bond donors (Lipinski definition) is 3. The van der Waals surface area contributed by atoms with Gasteiger partial charge < -0.3 is 15.7 Å². The molecule has 0 radical (unpaired) electrons. The molecule has 6 heteroatoms. The number of nitrogens with two attached hydrogens (primary N) is 1. The lowest BCUT2D eigenvalue weighted by Gasteiger charge is -2.02. The Morgan fingerprint density at radius 3 is 2.45 bits per heavy atom. The van der Waals surface area contributed by atoms with Crippen LogP contribution < -0.4 is 5.73 Å². The van der Waals surface area contributed by atoms with Crippen LogP contribution in [0.4, 0.5) is 0 Å². The molecule has 0 aromatic rings. The van der Waals surface area contributed by atoms with Crippen LogP contribution in [-0.2, 0) is 14.5 Å². The van der Waals surface area contributed by atoms with Crippen LogP contribution in [0, 0.1) is 0 Å². The molecule has 0 saturated carbocycles. The predicted molar refractivity (Wildman–Crippen MR) is 33.6 cm³/mol. The highest BCUT2D eigenvalue weighted by Gasteiger charge is 2.13. The van der Waals surface area contributed by atoms with Crippen molar-refractivity contribution in [2.75, 3.05) is 0 Å². The molecule has 64 valence electrons. The molecule has 1 atom stereocenters. The molecule has 11 heavy (non-hydrogen) atoms. The average Bonchev–Trinajstić information content (AvgIpc) is 1.99. The molecular weight excluding hydrogens is 154 g/mol. The molecule has 0 aliphatic carbocycles. The third kappa shape index (κ3) is 4.29. The fourth-order valence-electron chi connectivity index (χ4n) is 0.442. The molecule has 6 nitrogen and oxygen atoms in total. The topological polar surface area (TPSA) is 110 Å². The van der Waals surface area contributed by atoms with Crippen LogP contribution in [0.25, 0.3) is 0 Å². The number of aliphatic carboxylic acids is 1. The van der Waals surface area contributed by atoms with Gasteiger partial charge in [-0.25, -0.2) is 4.79 Å². The van der Waals surface area contributed by atoms with Crippen LogP contribution >= 0.6 is 0 Å². The van der Waals surface area contributed by atoms with E-state index in [0.29, 0.717) is 0 Å². The number of carboxylic acid groups (broad SMARTS) is 1. The summed E-state index contributed by atoms with van der Waals surface area (Å²) in [4.78, 5) is 23.6. The minimum atomic E-state index is -1.18. The van der Waals surface area contributed by atoms with Gasteiger partial charge in [-0.15, -0.1) is 0 Å². The van der Waals surface area contributed by atoms with Crippen molar-refractivity contribution in [3.63, 3.8) is 0 Å². The summed E-state index contributed by atoms with van der Waals surface area (Å²) in [5.41, 5.74) is 5.03. The summed E-state index contributed by atoms with van der Waals surface area (Å²) >= 11 is 0. The molecule has 0 spiro atoms. The zero-order valence-electron chi connectivity index (χ0n) is 5.69. The Bertz CT molecular complexity index is 157. The lowest BCUT2D eigenvalue weighted by molar-refractivity contribution is -0.234. The van der Waals surface area contributed by atoms with Gasteiger partial charge in [0, 0.05) is 0 Å². The first-order valence-corrected chi connectivity index (χ1v) is 2.90. The van der Waals surface area contributed by atoms with Gasteiger partial charge in [0.15, 0.2) is 0 Å². The van der Waals surface area contributed by atoms with E-state index < -0.39 is 18.0 Å². The van der Waals surface area contributed by atoms with E-state index in [1.807, 2.05) is 0 Å². The lowest BCUT2D eigenvalue weighted by Crippen LogP contribution is -2.30. The van der Waals surface area contributed by atoms with Crippen molar-refractivity contribution < 1.29 is 24.8 Å². The quantitative estimate of drug-likeness (QED) is 0.369. The van der Waals surface area contributed by atoms with Crippen molar-refractivity contribution in [2.45, 2.75) is 18.9 Å². The van der Waals surface area contributed by atoms with Gasteiger partial charge in [0.25, 0.3) is 0 Å². The molecule has 0 aliphatic rings. The molecule has 4 N–H and O–H groups in total. The maximum atomic E-state index is 10.2. The standard InChI is InChI=1S/C5H9NO5/c6-3(5(8)9)1-2-4(7)11-10/h3,10H,1-2,6H2,(H,8,9)/t3-/m1/s1. The Labute approximate surface area is 62.5 Å². The summed E-state index contributed by atoms with van der Waals surface area (Å²) in [5, 5.41) is 16.0. The Kier molecular flexibility index (Phi) is 4.16. The van der Waals surface area contributed by atoms with Crippen LogP contribution in [-0.4, -0.2) is 28.3 Å². The second-order valence-electron chi connectivity index (χ2n) is 1.95. The van der Waals surface area contributed by atoms with E-state index in [1.165, 1.54) is 0 Å². The second kappa shape index (κ2) is 4.64. The monoisotopic (exact) mass is 163 g/mol. The van der Waals surface area contributed by atoms with Crippen LogP contribution in [0.3, 0.4) is 0 Å². The molecule has 0 aromatic heterocycles. The molecule has 0 rings (SSSR count). The fraction of sp³-hybridized carbons (Fsp3) is 0.600. The van der Waals surface area contributed by atoms with Crippen LogP contribution in [0.1, 0.15) is 12.8 Å². The number of carbonyl (C=O) groups excluding carboxylic acids is 1. The fourth-order valence-corrected chi connectivity index (χ4v) is 0.442. The lowest BCUT2D eigenvalue weighted by atomic mass is 10.2. The van der Waals surface area contributed by atoms with Crippen molar-refractivity contribution in [2.24, 2.45) is 5.73 Å². The maximum Gasteiger partial charge on any atom is 0.342 e. The Morgan fingerprint density at radius 2 is 2.09 bits per heavy atom. The number of hydrogen-bond acceptors (Lipinski definition) is 5. The van der Waals surface area contributed by atoms with Gasteiger partial charge in [-0.3, -0.25) is 4.79 Å². The molecule has 0 aliphatic heterocycles. The highest BCUT2D eigenvalue weighted by molar-refractivity contribution is 5.75. The van der Waals surface area contributed by atoms with Gasteiger partial charge in [0.1, 0.15) is 6.04 Å². The molecule has 0 saturated heterocycles. The van der Waals surface area contributed by atoms with Crippen molar-refractivity contribution >= 4 is 11.9 Å². The smallest absolute Gasteiger partial charge is 0.342 e. The van der Waals surface area contributed by atoms with Gasteiger partial charge >= 0.3 is 11.9 Å². The van der Waals surface area contributed by atoms with Crippen molar-refractivity contribution in [1.82, 2.24) is 0 Å². The molecular formula is C5H9NO5. The average molecular weight is 163 g/mol. The van der Waals surface area contributed by atoms with Crippen molar-refractivity contribution in [3.05, 3.63) is 0 Å². The summed E-state index contributed by atoms with van der Waals surface area (Å²) in [6.45, 7) is 0. The van der Waals surface area contributed by atoms with Gasteiger partial charge in [-0.1, -0.05) is 0 Å². The molecule has 0 aromatic carbocycles. The summed E-state index contributed by atoms with van der Waals surface area (Å²) in [7, 11) is 0. The summed E-state index contributed by atoms with van der Waals surface area (Å²) in [6, 6.07) is -1.09. The Balaban J connectivity index is 3.54. The maximum absolute atomic E-state index is 10.2. The Morgan fingerprint density at radius 1 is 1.55 bits per heavy atom. The first kappa shape index (κ1) is 9.86.